The van der Waals surface area contributed by atoms with Crippen molar-refractivity contribution in [1.82, 2.24) is 20.0 Å². The third-order valence-electron chi connectivity index (χ3n) is 3.22. The van der Waals surface area contributed by atoms with E-state index in [2.05, 4.69) is 15.6 Å². The molecule has 0 radical (unpaired) electrons. The first-order valence-electron chi connectivity index (χ1n) is 6.72. The van der Waals surface area contributed by atoms with Gasteiger partial charge in [-0.25, -0.2) is 4.68 Å². The van der Waals surface area contributed by atoms with Crippen LogP contribution in [0.2, 0.25) is 0 Å². The number of aromatic nitrogens is 4. The summed E-state index contributed by atoms with van der Waals surface area (Å²) < 4.78 is 39.3. The maximum Gasteiger partial charge on any atom is 0.417 e. The lowest BCUT2D eigenvalue weighted by Crippen LogP contribution is -2.24. The maximum absolute atomic E-state index is 12.7. The number of H-pyrrole nitrogens is 1. The predicted octanol–water partition coefficient (Wildman–Crippen LogP) is 1.78. The van der Waals surface area contributed by atoms with Crippen molar-refractivity contribution in [2.75, 3.05) is 5.32 Å². The smallest absolute Gasteiger partial charge is 0.327 e. The second-order valence-corrected chi connectivity index (χ2v) is 4.91. The number of pyridine rings is 1. The van der Waals surface area contributed by atoms with Crippen LogP contribution in [0.4, 0.5) is 18.9 Å². The van der Waals surface area contributed by atoms with Crippen LogP contribution in [-0.4, -0.2) is 25.9 Å². The van der Waals surface area contributed by atoms with Crippen LogP contribution in [0, 0.1) is 0 Å². The lowest BCUT2D eigenvalue weighted by Gasteiger charge is -2.09. The van der Waals surface area contributed by atoms with Gasteiger partial charge in [0, 0.05) is 6.20 Å². The summed E-state index contributed by atoms with van der Waals surface area (Å²) in [7, 11) is 0. The van der Waals surface area contributed by atoms with Gasteiger partial charge in [0.15, 0.2) is 0 Å². The number of carbonyl (C=O) groups excluding carboxylic acids is 1. The number of hydrogen-bond acceptors (Lipinski definition) is 4. The first-order valence-corrected chi connectivity index (χ1v) is 6.72. The van der Waals surface area contributed by atoms with E-state index >= 15 is 0 Å². The molecule has 0 unspecified atom stereocenters. The molecule has 0 aliphatic heterocycles. The molecule has 2 aromatic heterocycles. The number of para-hydroxylation sites is 1. The van der Waals surface area contributed by atoms with Gasteiger partial charge in [-0.2, -0.15) is 13.2 Å². The van der Waals surface area contributed by atoms with Gasteiger partial charge in [0.05, 0.1) is 11.1 Å². The molecule has 1 amide bonds. The predicted molar refractivity (Wildman–Crippen MR) is 78.2 cm³/mol. The zero-order valence-corrected chi connectivity index (χ0v) is 12.0. The van der Waals surface area contributed by atoms with E-state index in [4.69, 9.17) is 0 Å². The average molecular weight is 337 g/mol. The third kappa shape index (κ3) is 3.12. The van der Waals surface area contributed by atoms with Crippen LogP contribution in [0.25, 0.3) is 11.0 Å². The molecule has 3 rings (SSSR count). The monoisotopic (exact) mass is 337 g/mol. The minimum absolute atomic E-state index is 0.295. The number of benzene rings is 1. The summed E-state index contributed by atoms with van der Waals surface area (Å²) in [5, 5.41) is 9.81. The van der Waals surface area contributed by atoms with E-state index in [0.717, 1.165) is 0 Å². The highest BCUT2D eigenvalue weighted by atomic mass is 19.4. The van der Waals surface area contributed by atoms with Gasteiger partial charge in [0.1, 0.15) is 17.7 Å². The fourth-order valence-electron chi connectivity index (χ4n) is 2.10. The molecule has 0 saturated carbocycles. The van der Waals surface area contributed by atoms with Crippen LogP contribution in [-0.2, 0) is 17.5 Å². The average Bonchev–Trinajstić information content (AvgIpc) is 2.91. The zero-order valence-electron chi connectivity index (χ0n) is 12.0. The highest BCUT2D eigenvalue weighted by molar-refractivity contribution is 5.91. The van der Waals surface area contributed by atoms with Crippen molar-refractivity contribution in [3.63, 3.8) is 0 Å². The van der Waals surface area contributed by atoms with Crippen molar-refractivity contribution in [2.24, 2.45) is 0 Å². The number of carbonyl (C=O) groups is 1. The molecular weight excluding hydrogens is 327 g/mol. The van der Waals surface area contributed by atoms with Gasteiger partial charge in [0.2, 0.25) is 5.91 Å². The van der Waals surface area contributed by atoms with Gasteiger partial charge >= 0.3 is 6.18 Å². The lowest BCUT2D eigenvalue weighted by atomic mass is 10.2. The fourth-order valence-corrected chi connectivity index (χ4v) is 2.10. The van der Waals surface area contributed by atoms with E-state index in [1.54, 1.807) is 24.3 Å². The number of nitrogens with one attached hydrogen (secondary N) is 2. The van der Waals surface area contributed by atoms with Crippen molar-refractivity contribution >= 4 is 22.6 Å². The maximum atomic E-state index is 12.7. The van der Waals surface area contributed by atoms with Gasteiger partial charge in [-0.1, -0.05) is 17.3 Å². The molecule has 0 saturated heterocycles. The number of nitrogens with zero attached hydrogens (tertiary/aromatic N) is 3. The van der Waals surface area contributed by atoms with E-state index in [0.29, 0.717) is 23.3 Å². The zero-order chi connectivity index (χ0) is 17.3. The Morgan fingerprint density at radius 3 is 2.79 bits per heavy atom. The Hall–Kier alpha value is -3.17. The summed E-state index contributed by atoms with van der Waals surface area (Å²) >= 11 is 0. The molecule has 10 heteroatoms. The summed E-state index contributed by atoms with van der Waals surface area (Å²) in [6.45, 7) is -0.295. The quantitative estimate of drug-likeness (QED) is 0.762. The highest BCUT2D eigenvalue weighted by Crippen LogP contribution is 2.29. The number of fused-ring (bicyclic) bond motifs is 1. The molecular formula is C14H10F3N5O2. The Labute approximate surface area is 132 Å². The molecule has 0 aliphatic carbocycles. The van der Waals surface area contributed by atoms with Crippen LogP contribution in [0.5, 0.6) is 0 Å². The number of halogens is 3. The van der Waals surface area contributed by atoms with Crippen molar-refractivity contribution in [3.8, 4) is 0 Å². The fraction of sp³-hybridized carbons (Fsp3) is 0.143. The topological polar surface area (TPSA) is 92.7 Å². The number of amides is 1. The second-order valence-electron chi connectivity index (χ2n) is 4.91. The molecule has 2 heterocycles. The Morgan fingerprint density at radius 2 is 2.04 bits per heavy atom. The molecule has 2 N–H and O–H groups in total. The van der Waals surface area contributed by atoms with Crippen LogP contribution in [0.3, 0.4) is 0 Å². The number of alkyl halides is 3. The summed E-state index contributed by atoms with van der Waals surface area (Å²) in [5.74, 6) is -0.699. The number of hydrogen-bond donors (Lipinski definition) is 2. The van der Waals surface area contributed by atoms with E-state index in [1.165, 1.54) is 4.68 Å². The van der Waals surface area contributed by atoms with E-state index in [9.17, 15) is 22.8 Å². The third-order valence-corrected chi connectivity index (χ3v) is 3.22. The minimum Gasteiger partial charge on any atom is -0.327 e. The number of rotatable bonds is 3. The van der Waals surface area contributed by atoms with Crippen LogP contribution in [0.1, 0.15) is 5.56 Å². The molecule has 0 aliphatic rings. The summed E-state index contributed by atoms with van der Waals surface area (Å²) in [5.41, 5.74) is -1.23. The second kappa shape index (κ2) is 5.80. The molecule has 0 atom stereocenters. The van der Waals surface area contributed by atoms with Gasteiger partial charge in [0.25, 0.3) is 5.56 Å². The number of aromatic amines is 1. The van der Waals surface area contributed by atoms with Crippen LogP contribution < -0.4 is 10.9 Å². The van der Waals surface area contributed by atoms with Crippen molar-refractivity contribution < 1.29 is 18.0 Å². The van der Waals surface area contributed by atoms with Gasteiger partial charge in [-0.3, -0.25) is 9.59 Å². The molecule has 24 heavy (non-hydrogen) atoms. The summed E-state index contributed by atoms with van der Waals surface area (Å²) in [4.78, 5) is 25.5. The van der Waals surface area contributed by atoms with Crippen LogP contribution >= 0.6 is 0 Å². The van der Waals surface area contributed by atoms with E-state index in [-0.39, 0.29) is 6.54 Å². The Balaban J connectivity index is 1.81. The molecule has 1 aromatic carbocycles. The van der Waals surface area contributed by atoms with E-state index < -0.39 is 28.9 Å². The Kier molecular flexibility index (Phi) is 3.80. The van der Waals surface area contributed by atoms with Gasteiger partial charge in [-0.15, -0.1) is 5.10 Å². The van der Waals surface area contributed by atoms with Gasteiger partial charge in [-0.05, 0) is 18.2 Å². The molecule has 3 aromatic rings. The van der Waals surface area contributed by atoms with E-state index in [1.807, 2.05) is 4.98 Å². The van der Waals surface area contributed by atoms with Crippen molar-refractivity contribution in [2.45, 2.75) is 12.7 Å². The van der Waals surface area contributed by atoms with Gasteiger partial charge < -0.3 is 10.3 Å². The van der Waals surface area contributed by atoms with Crippen molar-refractivity contribution in [3.05, 3.63) is 52.4 Å². The standard InChI is InChI=1S/C14H10F3N5O2/c15-14(16,17)8-5-10(13(24)18-6-8)19-12(23)7-22-11-4-2-1-3-9(11)20-21-22/h1-6H,7H2,(H,18,24)(H,19,23). The normalized spacial score (nSPS) is 11.6. The first kappa shape index (κ1) is 15.7. The summed E-state index contributed by atoms with van der Waals surface area (Å²) in [6.07, 6.45) is -4.09. The SMILES string of the molecule is O=C(Cn1nnc2ccccc21)Nc1cc(C(F)(F)F)c[nH]c1=O. The Morgan fingerprint density at radius 1 is 1.29 bits per heavy atom. The highest BCUT2D eigenvalue weighted by Gasteiger charge is 2.31. The first-order chi connectivity index (χ1) is 11.3. The summed E-state index contributed by atoms with van der Waals surface area (Å²) in [6, 6.07) is 7.46. The Bertz CT molecular complexity index is 961. The van der Waals surface area contributed by atoms with Crippen molar-refractivity contribution in [1.29, 1.82) is 0 Å². The molecule has 0 fully saturated rings. The molecule has 0 bridgehead atoms. The molecule has 7 nitrogen and oxygen atoms in total. The molecule has 0 spiro atoms. The molecule has 124 valence electrons. The lowest BCUT2D eigenvalue weighted by molar-refractivity contribution is -0.137. The van der Waals surface area contributed by atoms with Crippen LogP contribution in [0.15, 0.2) is 41.3 Å². The number of anilines is 1. The minimum atomic E-state index is -4.63. The largest absolute Gasteiger partial charge is 0.417 e.